The molecular weight excluding hydrogens is 296 g/mol. The second kappa shape index (κ2) is 6.80. The molecule has 1 heterocycles. The van der Waals surface area contributed by atoms with Crippen LogP contribution in [-0.4, -0.2) is 44.2 Å². The van der Waals surface area contributed by atoms with Crippen molar-refractivity contribution in [1.82, 2.24) is 5.32 Å². The lowest BCUT2D eigenvalue weighted by molar-refractivity contribution is -0.124. The molecule has 0 bridgehead atoms. The van der Waals surface area contributed by atoms with Crippen molar-refractivity contribution in [2.45, 2.75) is 18.5 Å². The highest BCUT2D eigenvalue weighted by Gasteiger charge is 2.35. The first-order valence-corrected chi connectivity index (χ1v) is 6.73. The topological polar surface area (TPSA) is 84.7 Å². The average Bonchev–Trinajstić information content (AvgIpc) is 2.79. The summed E-state index contributed by atoms with van der Waals surface area (Å²) < 4.78 is 32.2. The lowest BCUT2D eigenvalue weighted by Crippen LogP contribution is -2.48. The van der Waals surface area contributed by atoms with Crippen molar-refractivity contribution in [2.75, 3.05) is 25.2 Å². The summed E-state index contributed by atoms with van der Waals surface area (Å²) in [4.78, 5) is 24.7. The van der Waals surface area contributed by atoms with Gasteiger partial charge in [0.05, 0.1) is 12.6 Å². The highest BCUT2D eigenvalue weighted by molar-refractivity contribution is 5.97. The number of benzene rings is 1. The summed E-state index contributed by atoms with van der Waals surface area (Å²) in [5.74, 6) is -2.59. The van der Waals surface area contributed by atoms with E-state index < -0.39 is 41.2 Å². The van der Waals surface area contributed by atoms with E-state index in [1.54, 1.807) is 0 Å². The fourth-order valence-corrected chi connectivity index (χ4v) is 2.33. The number of para-hydroxylation sites is 1. The zero-order valence-electron chi connectivity index (χ0n) is 12.0. The van der Waals surface area contributed by atoms with Crippen LogP contribution in [0.25, 0.3) is 0 Å². The van der Waals surface area contributed by atoms with Crippen LogP contribution in [0, 0.1) is 11.6 Å². The molecule has 1 aromatic carbocycles. The fraction of sp³-hybridized carbons (Fsp3) is 0.429. The zero-order chi connectivity index (χ0) is 16.3. The second-order valence-corrected chi connectivity index (χ2v) is 5.05. The van der Waals surface area contributed by atoms with Crippen LogP contribution in [0.1, 0.15) is 6.42 Å². The number of rotatable bonds is 5. The smallest absolute Gasteiger partial charge is 0.239 e. The number of nitrogens with two attached hydrogens (primary N) is 1. The third-order valence-electron chi connectivity index (χ3n) is 3.36. The highest BCUT2D eigenvalue weighted by atomic mass is 19.1. The van der Waals surface area contributed by atoms with Gasteiger partial charge in [0, 0.05) is 20.1 Å². The Morgan fingerprint density at radius 2 is 2.14 bits per heavy atom. The number of hydrogen-bond donors (Lipinski definition) is 2. The summed E-state index contributed by atoms with van der Waals surface area (Å²) in [6.45, 7) is 0.0281. The molecule has 2 unspecified atom stereocenters. The minimum atomic E-state index is -0.862. The molecule has 2 amide bonds. The number of hydrogen-bond acceptors (Lipinski definition) is 4. The maximum atomic E-state index is 13.7. The maximum absolute atomic E-state index is 13.7. The van der Waals surface area contributed by atoms with Gasteiger partial charge in [0.2, 0.25) is 11.8 Å². The second-order valence-electron chi connectivity index (χ2n) is 5.05. The van der Waals surface area contributed by atoms with Crippen molar-refractivity contribution in [1.29, 1.82) is 0 Å². The van der Waals surface area contributed by atoms with E-state index in [2.05, 4.69) is 5.32 Å². The molecule has 1 aromatic rings. The van der Waals surface area contributed by atoms with Gasteiger partial charge in [-0.15, -0.1) is 0 Å². The molecule has 1 fully saturated rings. The molecule has 22 heavy (non-hydrogen) atoms. The van der Waals surface area contributed by atoms with E-state index >= 15 is 0 Å². The van der Waals surface area contributed by atoms with Crippen molar-refractivity contribution < 1.29 is 23.1 Å². The van der Waals surface area contributed by atoms with Gasteiger partial charge in [0.25, 0.3) is 0 Å². The van der Waals surface area contributed by atoms with Crippen LogP contribution < -0.4 is 16.0 Å². The SMILES string of the molecule is COCC(N)C(=O)NC1CC(=O)N(c2c(F)cccc2F)C1. The molecule has 0 aliphatic carbocycles. The average molecular weight is 313 g/mol. The third kappa shape index (κ3) is 3.40. The van der Waals surface area contributed by atoms with Crippen molar-refractivity contribution in [3.05, 3.63) is 29.8 Å². The minimum absolute atomic E-state index is 0.0118. The third-order valence-corrected chi connectivity index (χ3v) is 3.36. The van der Waals surface area contributed by atoms with Crippen molar-refractivity contribution in [3.63, 3.8) is 0 Å². The monoisotopic (exact) mass is 313 g/mol. The van der Waals surface area contributed by atoms with Gasteiger partial charge in [-0.3, -0.25) is 9.59 Å². The van der Waals surface area contributed by atoms with E-state index in [4.69, 9.17) is 10.5 Å². The van der Waals surface area contributed by atoms with Crippen LogP contribution in [0.3, 0.4) is 0 Å². The van der Waals surface area contributed by atoms with Crippen LogP contribution in [0.5, 0.6) is 0 Å². The van der Waals surface area contributed by atoms with Gasteiger partial charge in [-0.05, 0) is 12.1 Å². The number of halogens is 2. The zero-order valence-corrected chi connectivity index (χ0v) is 12.0. The summed E-state index contributed by atoms with van der Waals surface area (Å²) >= 11 is 0. The quantitative estimate of drug-likeness (QED) is 0.811. The number of ether oxygens (including phenoxy) is 1. The normalized spacial score (nSPS) is 19.4. The van der Waals surface area contributed by atoms with E-state index in [0.717, 1.165) is 17.0 Å². The van der Waals surface area contributed by atoms with Crippen LogP contribution in [-0.2, 0) is 14.3 Å². The predicted octanol–water partition coefficient (Wildman–Crippen LogP) is 0.160. The summed E-state index contributed by atoms with van der Waals surface area (Å²) in [6, 6.07) is 1.96. The van der Waals surface area contributed by atoms with Crippen LogP contribution in [0.2, 0.25) is 0 Å². The van der Waals surface area contributed by atoms with E-state index in [1.807, 2.05) is 0 Å². The van der Waals surface area contributed by atoms with Gasteiger partial charge in [-0.2, -0.15) is 0 Å². The van der Waals surface area contributed by atoms with Crippen molar-refractivity contribution in [3.8, 4) is 0 Å². The Morgan fingerprint density at radius 3 is 2.73 bits per heavy atom. The molecule has 1 aliphatic rings. The first kappa shape index (κ1) is 16.3. The van der Waals surface area contributed by atoms with Gasteiger partial charge in [-0.1, -0.05) is 6.07 Å². The standard InChI is InChI=1S/C14H17F2N3O3/c1-22-7-11(17)14(21)18-8-5-12(20)19(6-8)13-9(15)3-2-4-10(13)16/h2-4,8,11H,5-7,17H2,1H3,(H,18,21). The van der Waals surface area contributed by atoms with Crippen LogP contribution in [0.15, 0.2) is 18.2 Å². The molecule has 1 saturated heterocycles. The molecule has 2 rings (SSSR count). The minimum Gasteiger partial charge on any atom is -0.383 e. The van der Waals surface area contributed by atoms with E-state index in [-0.39, 0.29) is 19.6 Å². The summed E-state index contributed by atoms with van der Waals surface area (Å²) in [7, 11) is 1.41. The van der Waals surface area contributed by atoms with E-state index in [0.29, 0.717) is 0 Å². The number of nitrogens with zero attached hydrogens (tertiary/aromatic N) is 1. The Bertz CT molecular complexity index is 562. The Kier molecular flexibility index (Phi) is 5.04. The molecule has 0 radical (unpaired) electrons. The predicted molar refractivity (Wildman–Crippen MR) is 75.1 cm³/mol. The Balaban J connectivity index is 2.07. The van der Waals surface area contributed by atoms with Gasteiger partial charge in [0.1, 0.15) is 23.4 Å². The molecule has 0 saturated carbocycles. The largest absolute Gasteiger partial charge is 0.383 e. The summed E-state index contributed by atoms with van der Waals surface area (Å²) in [5.41, 5.74) is 5.18. The molecule has 6 nitrogen and oxygen atoms in total. The molecule has 0 aromatic heterocycles. The Labute approximate surface area is 126 Å². The number of nitrogens with one attached hydrogen (secondary N) is 1. The Morgan fingerprint density at radius 1 is 1.50 bits per heavy atom. The van der Waals surface area contributed by atoms with Crippen LogP contribution >= 0.6 is 0 Å². The number of anilines is 1. The molecule has 120 valence electrons. The summed E-state index contributed by atoms with van der Waals surface area (Å²) in [5, 5.41) is 2.58. The summed E-state index contributed by atoms with van der Waals surface area (Å²) in [6.07, 6.45) is -0.0424. The Hall–Kier alpha value is -2.06. The first-order valence-electron chi connectivity index (χ1n) is 6.73. The van der Waals surface area contributed by atoms with E-state index in [1.165, 1.54) is 13.2 Å². The number of carbonyl (C=O) groups is 2. The highest BCUT2D eigenvalue weighted by Crippen LogP contribution is 2.27. The molecule has 0 spiro atoms. The van der Waals surface area contributed by atoms with Gasteiger partial charge in [0.15, 0.2) is 0 Å². The molecule has 2 atom stereocenters. The maximum Gasteiger partial charge on any atom is 0.239 e. The molecule has 8 heteroatoms. The fourth-order valence-electron chi connectivity index (χ4n) is 2.33. The van der Waals surface area contributed by atoms with Crippen molar-refractivity contribution >= 4 is 17.5 Å². The number of carbonyl (C=O) groups excluding carboxylic acids is 2. The first-order chi connectivity index (χ1) is 10.4. The molecule has 1 aliphatic heterocycles. The lowest BCUT2D eigenvalue weighted by Gasteiger charge is -2.19. The van der Waals surface area contributed by atoms with Crippen LogP contribution in [0.4, 0.5) is 14.5 Å². The van der Waals surface area contributed by atoms with Gasteiger partial charge in [-0.25, -0.2) is 8.78 Å². The van der Waals surface area contributed by atoms with Gasteiger partial charge < -0.3 is 20.7 Å². The van der Waals surface area contributed by atoms with E-state index in [9.17, 15) is 18.4 Å². The van der Waals surface area contributed by atoms with Crippen molar-refractivity contribution in [2.24, 2.45) is 5.73 Å². The molecule has 3 N–H and O–H groups in total. The lowest BCUT2D eigenvalue weighted by atomic mass is 10.2. The number of amides is 2. The number of methoxy groups -OCH3 is 1. The van der Waals surface area contributed by atoms with Gasteiger partial charge >= 0.3 is 0 Å². The molecular formula is C14H17F2N3O3.